The van der Waals surface area contributed by atoms with Crippen LogP contribution in [0.15, 0.2) is 70.2 Å². The molecule has 0 saturated carbocycles. The number of hydrogen-bond donors (Lipinski definition) is 1. The third-order valence-corrected chi connectivity index (χ3v) is 5.30. The minimum atomic E-state index is -0.454. The van der Waals surface area contributed by atoms with Crippen LogP contribution in [0.25, 0.3) is 0 Å². The summed E-state index contributed by atoms with van der Waals surface area (Å²) >= 11 is 9.31. The van der Waals surface area contributed by atoms with Crippen LogP contribution >= 0.6 is 27.5 Å². The van der Waals surface area contributed by atoms with Crippen molar-refractivity contribution in [3.05, 3.63) is 97.0 Å². The standard InChI is InChI=1S/C23H19BrClN3O5/c1-32-21-11-17(13-26-27-22(29)12-15-2-6-18(25)7-3-15)10-20(24)23(21)33-14-16-4-8-19(9-5-16)28(30)31/h2-11,13H,12,14H2,1H3,(H,27,29)/b26-13-. The van der Waals surface area contributed by atoms with Gasteiger partial charge >= 0.3 is 0 Å². The molecule has 0 heterocycles. The van der Waals surface area contributed by atoms with Gasteiger partial charge in [0.25, 0.3) is 5.69 Å². The summed E-state index contributed by atoms with van der Waals surface area (Å²) in [5, 5.41) is 15.4. The predicted octanol–water partition coefficient (Wildman–Crippen LogP) is 5.29. The van der Waals surface area contributed by atoms with E-state index >= 15 is 0 Å². The van der Waals surface area contributed by atoms with Crippen LogP contribution in [0.3, 0.4) is 0 Å². The van der Waals surface area contributed by atoms with Crippen molar-refractivity contribution in [2.24, 2.45) is 5.10 Å². The molecular weight excluding hydrogens is 514 g/mol. The van der Waals surface area contributed by atoms with Gasteiger partial charge in [-0.25, -0.2) is 5.43 Å². The largest absolute Gasteiger partial charge is 0.493 e. The third kappa shape index (κ3) is 7.03. The van der Waals surface area contributed by atoms with E-state index in [1.54, 1.807) is 48.5 Å². The van der Waals surface area contributed by atoms with Crippen molar-refractivity contribution in [3.63, 3.8) is 0 Å². The van der Waals surface area contributed by atoms with Crippen molar-refractivity contribution >= 4 is 45.3 Å². The quantitative estimate of drug-likeness (QED) is 0.229. The van der Waals surface area contributed by atoms with E-state index in [4.69, 9.17) is 21.1 Å². The first-order chi connectivity index (χ1) is 15.9. The highest BCUT2D eigenvalue weighted by molar-refractivity contribution is 9.10. The van der Waals surface area contributed by atoms with E-state index in [9.17, 15) is 14.9 Å². The van der Waals surface area contributed by atoms with Crippen LogP contribution in [0.5, 0.6) is 11.5 Å². The maximum Gasteiger partial charge on any atom is 0.269 e. The number of hydrogen-bond acceptors (Lipinski definition) is 6. The summed E-state index contributed by atoms with van der Waals surface area (Å²) in [6.45, 7) is 0.196. The van der Waals surface area contributed by atoms with E-state index in [-0.39, 0.29) is 24.6 Å². The Morgan fingerprint density at radius 2 is 1.82 bits per heavy atom. The van der Waals surface area contributed by atoms with Crippen molar-refractivity contribution in [1.29, 1.82) is 0 Å². The molecule has 10 heteroatoms. The summed E-state index contributed by atoms with van der Waals surface area (Å²) in [4.78, 5) is 22.4. The third-order valence-electron chi connectivity index (χ3n) is 4.46. The van der Waals surface area contributed by atoms with E-state index < -0.39 is 4.92 Å². The molecule has 0 atom stereocenters. The number of hydrazone groups is 1. The lowest BCUT2D eigenvalue weighted by atomic mass is 10.1. The molecule has 0 saturated heterocycles. The molecule has 0 bridgehead atoms. The van der Waals surface area contributed by atoms with Gasteiger partial charge in [-0.1, -0.05) is 23.7 Å². The lowest BCUT2D eigenvalue weighted by Gasteiger charge is -2.13. The van der Waals surface area contributed by atoms with Gasteiger partial charge in [0.1, 0.15) is 6.61 Å². The molecule has 3 rings (SSSR count). The summed E-state index contributed by atoms with van der Waals surface area (Å²) in [6.07, 6.45) is 1.67. The summed E-state index contributed by atoms with van der Waals surface area (Å²) in [5.41, 5.74) is 4.77. The first-order valence-electron chi connectivity index (χ1n) is 9.65. The highest BCUT2D eigenvalue weighted by Crippen LogP contribution is 2.37. The van der Waals surface area contributed by atoms with E-state index in [2.05, 4.69) is 26.5 Å². The molecule has 0 unspecified atom stereocenters. The number of rotatable bonds is 9. The Morgan fingerprint density at radius 1 is 1.15 bits per heavy atom. The second-order valence-electron chi connectivity index (χ2n) is 6.84. The fourth-order valence-corrected chi connectivity index (χ4v) is 3.53. The molecule has 0 aliphatic carbocycles. The minimum Gasteiger partial charge on any atom is -0.493 e. The topological polar surface area (TPSA) is 103 Å². The monoisotopic (exact) mass is 531 g/mol. The molecule has 0 aliphatic rings. The molecule has 8 nitrogen and oxygen atoms in total. The first kappa shape index (κ1) is 24.2. The van der Waals surface area contributed by atoms with E-state index in [1.807, 2.05) is 0 Å². The SMILES string of the molecule is COc1cc(/C=N\NC(=O)Cc2ccc(Cl)cc2)cc(Br)c1OCc1ccc([N+](=O)[O-])cc1. The lowest BCUT2D eigenvalue weighted by Crippen LogP contribution is -2.19. The molecule has 33 heavy (non-hydrogen) atoms. The molecule has 0 radical (unpaired) electrons. The highest BCUT2D eigenvalue weighted by atomic mass is 79.9. The molecule has 1 amide bonds. The summed E-state index contributed by atoms with van der Waals surface area (Å²) in [6, 6.07) is 16.6. The van der Waals surface area contributed by atoms with Crippen LogP contribution in [-0.4, -0.2) is 24.2 Å². The number of halogens is 2. The molecule has 0 aliphatic heterocycles. The Hall–Kier alpha value is -3.43. The van der Waals surface area contributed by atoms with Gasteiger partial charge in [-0.2, -0.15) is 5.10 Å². The normalized spacial score (nSPS) is 10.8. The molecule has 3 aromatic rings. The van der Waals surface area contributed by atoms with Crippen LogP contribution in [-0.2, 0) is 17.8 Å². The highest BCUT2D eigenvalue weighted by Gasteiger charge is 2.12. The van der Waals surface area contributed by atoms with Gasteiger partial charge in [-0.3, -0.25) is 14.9 Å². The van der Waals surface area contributed by atoms with Crippen LogP contribution in [0.2, 0.25) is 5.02 Å². The zero-order chi connectivity index (χ0) is 23.8. The molecule has 0 spiro atoms. The van der Waals surface area contributed by atoms with Gasteiger partial charge in [0.05, 0.1) is 29.1 Å². The molecular formula is C23H19BrClN3O5. The number of benzene rings is 3. The average Bonchev–Trinajstić information content (AvgIpc) is 2.80. The van der Waals surface area contributed by atoms with Crippen molar-refractivity contribution < 1.29 is 19.2 Å². The van der Waals surface area contributed by atoms with Crippen molar-refractivity contribution in [2.45, 2.75) is 13.0 Å². The van der Waals surface area contributed by atoms with Crippen LogP contribution in [0.4, 0.5) is 5.69 Å². The van der Waals surface area contributed by atoms with Crippen molar-refractivity contribution in [1.82, 2.24) is 5.43 Å². The number of nitro groups is 1. The smallest absolute Gasteiger partial charge is 0.269 e. The number of carbonyl (C=O) groups excluding carboxylic acids is 1. The predicted molar refractivity (Wildman–Crippen MR) is 129 cm³/mol. The number of non-ortho nitro benzene ring substituents is 1. The Labute approximate surface area is 203 Å². The fraction of sp³-hybridized carbons (Fsp3) is 0.130. The molecule has 3 aromatic carbocycles. The first-order valence-corrected chi connectivity index (χ1v) is 10.8. The number of nitrogens with one attached hydrogen (secondary N) is 1. The average molecular weight is 533 g/mol. The number of nitrogens with zero attached hydrogens (tertiary/aromatic N) is 2. The van der Waals surface area contributed by atoms with Crippen molar-refractivity contribution in [3.8, 4) is 11.5 Å². The fourth-order valence-electron chi connectivity index (χ4n) is 2.83. The van der Waals surface area contributed by atoms with E-state index in [0.29, 0.717) is 26.6 Å². The second-order valence-corrected chi connectivity index (χ2v) is 8.13. The van der Waals surface area contributed by atoms with Crippen molar-refractivity contribution in [2.75, 3.05) is 7.11 Å². The maximum absolute atomic E-state index is 12.1. The summed E-state index contributed by atoms with van der Waals surface area (Å²) in [7, 11) is 1.51. The summed E-state index contributed by atoms with van der Waals surface area (Å²) < 4.78 is 11.9. The zero-order valence-corrected chi connectivity index (χ0v) is 19.8. The Kier molecular flexibility index (Phi) is 8.39. The number of methoxy groups -OCH3 is 1. The van der Waals surface area contributed by atoms with Gasteiger partial charge in [0, 0.05) is 17.2 Å². The van der Waals surface area contributed by atoms with Gasteiger partial charge in [-0.15, -0.1) is 0 Å². The van der Waals surface area contributed by atoms with E-state index in [1.165, 1.54) is 25.5 Å². The zero-order valence-electron chi connectivity index (χ0n) is 17.5. The van der Waals surface area contributed by atoms with E-state index in [0.717, 1.165) is 11.1 Å². The van der Waals surface area contributed by atoms with Gasteiger partial charge in [0.15, 0.2) is 11.5 Å². The number of ether oxygens (including phenoxy) is 2. The Balaban J connectivity index is 1.62. The minimum absolute atomic E-state index is 0.0152. The molecule has 1 N–H and O–H groups in total. The van der Waals surface area contributed by atoms with Gasteiger partial charge < -0.3 is 9.47 Å². The van der Waals surface area contributed by atoms with Crippen LogP contribution in [0, 0.1) is 10.1 Å². The Morgan fingerprint density at radius 3 is 2.45 bits per heavy atom. The second kappa shape index (κ2) is 11.4. The van der Waals surface area contributed by atoms with Gasteiger partial charge in [-0.05, 0) is 69.0 Å². The molecule has 0 aromatic heterocycles. The van der Waals surface area contributed by atoms with Crippen LogP contribution in [0.1, 0.15) is 16.7 Å². The maximum atomic E-state index is 12.1. The number of carbonyl (C=O) groups is 1. The lowest BCUT2D eigenvalue weighted by molar-refractivity contribution is -0.384. The Bertz CT molecular complexity index is 1170. The van der Waals surface area contributed by atoms with Crippen LogP contribution < -0.4 is 14.9 Å². The molecule has 0 fully saturated rings. The number of nitro benzene ring substituents is 1. The summed E-state index contributed by atoms with van der Waals surface area (Å²) in [5.74, 6) is 0.669. The van der Waals surface area contributed by atoms with Gasteiger partial charge in [0.2, 0.25) is 5.91 Å². The molecule has 170 valence electrons. The number of amides is 1.